The van der Waals surface area contributed by atoms with Crippen molar-refractivity contribution in [1.29, 1.82) is 0 Å². The molecule has 9 heteroatoms. The van der Waals surface area contributed by atoms with E-state index in [0.717, 1.165) is 0 Å². The highest BCUT2D eigenvalue weighted by molar-refractivity contribution is 5.82. The summed E-state index contributed by atoms with van der Waals surface area (Å²) in [5.41, 5.74) is 5.42. The minimum absolute atomic E-state index is 0.0883. The fourth-order valence-electron chi connectivity index (χ4n) is 1.75. The van der Waals surface area contributed by atoms with Gasteiger partial charge in [-0.3, -0.25) is 0 Å². The molecule has 0 spiro atoms. The fourth-order valence-corrected chi connectivity index (χ4v) is 1.75. The predicted molar refractivity (Wildman–Crippen MR) is 57.2 cm³/mol. The number of amidine groups is 1. The molecule has 0 atom stereocenters. The van der Waals surface area contributed by atoms with Crippen LogP contribution in [0.25, 0.3) is 0 Å². The predicted octanol–water partition coefficient (Wildman–Crippen LogP) is 0.717. The lowest BCUT2D eigenvalue weighted by Crippen LogP contribution is -2.48. The van der Waals surface area contributed by atoms with E-state index in [-0.39, 0.29) is 24.8 Å². The molecule has 0 aliphatic carbocycles. The van der Waals surface area contributed by atoms with Gasteiger partial charge in [-0.05, 0) is 12.8 Å². The first kappa shape index (κ1) is 14.4. The number of rotatable bonds is 2. The van der Waals surface area contributed by atoms with Gasteiger partial charge in [-0.2, -0.15) is 13.2 Å². The van der Waals surface area contributed by atoms with Crippen LogP contribution in [0.3, 0.4) is 0 Å². The van der Waals surface area contributed by atoms with Crippen LogP contribution in [0.1, 0.15) is 12.8 Å². The molecule has 0 saturated carbocycles. The van der Waals surface area contributed by atoms with Crippen molar-refractivity contribution in [3.05, 3.63) is 0 Å². The van der Waals surface area contributed by atoms with Crippen molar-refractivity contribution in [2.24, 2.45) is 16.8 Å². The Bertz CT molecular complexity index is 324. The van der Waals surface area contributed by atoms with Gasteiger partial charge in [0.2, 0.25) is 0 Å². The number of amides is 2. The number of hydrogen-bond donors (Lipinski definition) is 3. The molecule has 1 heterocycles. The summed E-state index contributed by atoms with van der Waals surface area (Å²) in [7, 11) is 0. The van der Waals surface area contributed by atoms with Gasteiger partial charge in [0.25, 0.3) is 0 Å². The van der Waals surface area contributed by atoms with Crippen molar-refractivity contribution >= 4 is 11.9 Å². The number of carbonyl (C=O) groups is 1. The molecule has 0 radical (unpaired) electrons. The molecule has 1 aliphatic heterocycles. The summed E-state index contributed by atoms with van der Waals surface area (Å²) in [6.45, 7) is -0.777. The van der Waals surface area contributed by atoms with Gasteiger partial charge in [-0.15, -0.1) is 0 Å². The first-order chi connectivity index (χ1) is 8.33. The van der Waals surface area contributed by atoms with Crippen LogP contribution in [-0.4, -0.2) is 47.8 Å². The van der Waals surface area contributed by atoms with Crippen LogP contribution < -0.4 is 11.1 Å². The Morgan fingerprint density at radius 2 is 2.00 bits per heavy atom. The summed E-state index contributed by atoms with van der Waals surface area (Å²) >= 11 is 0. The topological polar surface area (TPSA) is 91.0 Å². The molecule has 2 amide bonds. The Balaban J connectivity index is 2.36. The Kier molecular flexibility index (Phi) is 4.62. The van der Waals surface area contributed by atoms with Crippen molar-refractivity contribution in [3.8, 4) is 0 Å². The molecule has 1 saturated heterocycles. The second kappa shape index (κ2) is 5.78. The molecule has 0 bridgehead atoms. The van der Waals surface area contributed by atoms with Gasteiger partial charge in [0.15, 0.2) is 0 Å². The lowest BCUT2D eigenvalue weighted by Gasteiger charge is -2.31. The number of nitrogens with one attached hydrogen (secondary N) is 1. The third-order valence-corrected chi connectivity index (χ3v) is 2.76. The molecule has 1 aliphatic rings. The maximum atomic E-state index is 11.9. The van der Waals surface area contributed by atoms with Crippen molar-refractivity contribution in [2.45, 2.75) is 19.0 Å². The van der Waals surface area contributed by atoms with E-state index in [9.17, 15) is 18.0 Å². The number of hydrogen-bond acceptors (Lipinski definition) is 3. The van der Waals surface area contributed by atoms with Crippen molar-refractivity contribution in [2.75, 3.05) is 19.6 Å². The lowest BCUT2D eigenvalue weighted by molar-refractivity contribution is -0.123. The van der Waals surface area contributed by atoms with E-state index in [4.69, 9.17) is 10.9 Å². The third kappa shape index (κ3) is 4.30. The van der Waals surface area contributed by atoms with Crippen LogP contribution in [0.5, 0.6) is 0 Å². The minimum atomic E-state index is -4.41. The summed E-state index contributed by atoms with van der Waals surface area (Å²) in [4.78, 5) is 12.7. The number of halogens is 3. The van der Waals surface area contributed by atoms with Crippen LogP contribution >= 0.6 is 0 Å². The second-order valence-electron chi connectivity index (χ2n) is 4.06. The van der Waals surface area contributed by atoms with E-state index in [1.165, 1.54) is 4.90 Å². The zero-order valence-corrected chi connectivity index (χ0v) is 9.57. The van der Waals surface area contributed by atoms with Crippen LogP contribution in [0.15, 0.2) is 5.16 Å². The standard InChI is InChI=1S/C9H15F3N4O2/c10-9(11,12)5-14-8(17)16-3-1-6(2-4-16)7(13)15-18/h6,18H,1-5H2,(H2,13,15)(H,14,17). The van der Waals surface area contributed by atoms with Gasteiger partial charge in [0, 0.05) is 19.0 Å². The lowest BCUT2D eigenvalue weighted by atomic mass is 9.96. The molecule has 18 heavy (non-hydrogen) atoms. The van der Waals surface area contributed by atoms with Gasteiger partial charge in [0.1, 0.15) is 12.4 Å². The molecule has 0 aromatic carbocycles. The minimum Gasteiger partial charge on any atom is -0.409 e. The highest BCUT2D eigenvalue weighted by Gasteiger charge is 2.30. The summed E-state index contributed by atoms with van der Waals surface area (Å²) in [5, 5.41) is 13.2. The smallest absolute Gasteiger partial charge is 0.405 e. The fraction of sp³-hybridized carbons (Fsp3) is 0.778. The first-order valence-corrected chi connectivity index (χ1v) is 5.40. The first-order valence-electron chi connectivity index (χ1n) is 5.40. The van der Waals surface area contributed by atoms with E-state index in [2.05, 4.69) is 5.16 Å². The molecule has 4 N–H and O–H groups in total. The number of carbonyl (C=O) groups excluding carboxylic acids is 1. The van der Waals surface area contributed by atoms with Crippen LogP contribution in [0, 0.1) is 5.92 Å². The maximum Gasteiger partial charge on any atom is 0.405 e. The second-order valence-corrected chi connectivity index (χ2v) is 4.06. The molecule has 104 valence electrons. The summed E-state index contributed by atoms with van der Waals surface area (Å²) < 4.78 is 35.7. The van der Waals surface area contributed by atoms with Crippen LogP contribution in [0.4, 0.5) is 18.0 Å². The van der Waals surface area contributed by atoms with Crippen molar-refractivity contribution in [1.82, 2.24) is 10.2 Å². The largest absolute Gasteiger partial charge is 0.409 e. The number of urea groups is 1. The number of oxime groups is 1. The Labute approximate surface area is 102 Å². The molecular weight excluding hydrogens is 253 g/mol. The summed E-state index contributed by atoms with van der Waals surface area (Å²) in [5.74, 6) is -0.0491. The van der Waals surface area contributed by atoms with E-state index < -0.39 is 18.8 Å². The number of piperidine rings is 1. The average Bonchev–Trinajstić information content (AvgIpc) is 2.34. The molecule has 6 nitrogen and oxygen atoms in total. The zero-order chi connectivity index (χ0) is 13.8. The van der Waals surface area contributed by atoms with Gasteiger partial charge in [0.05, 0.1) is 0 Å². The molecule has 0 aromatic rings. The zero-order valence-electron chi connectivity index (χ0n) is 9.57. The van der Waals surface area contributed by atoms with Gasteiger partial charge >= 0.3 is 12.2 Å². The van der Waals surface area contributed by atoms with Crippen LogP contribution in [-0.2, 0) is 0 Å². The van der Waals surface area contributed by atoms with Gasteiger partial charge in [-0.1, -0.05) is 5.16 Å². The van der Waals surface area contributed by atoms with Crippen LogP contribution in [0.2, 0.25) is 0 Å². The highest BCUT2D eigenvalue weighted by Crippen LogP contribution is 2.18. The summed E-state index contributed by atoms with van der Waals surface area (Å²) in [6, 6.07) is -0.745. The van der Waals surface area contributed by atoms with Gasteiger partial charge in [-0.25, -0.2) is 4.79 Å². The Morgan fingerprint density at radius 1 is 1.44 bits per heavy atom. The number of nitrogens with zero attached hydrogens (tertiary/aromatic N) is 2. The SMILES string of the molecule is NC(=NO)C1CCN(C(=O)NCC(F)(F)F)CC1. The quantitative estimate of drug-likeness (QED) is 0.298. The molecule has 1 rings (SSSR count). The van der Waals surface area contributed by atoms with Gasteiger partial charge < -0.3 is 21.2 Å². The third-order valence-electron chi connectivity index (χ3n) is 2.76. The Hall–Kier alpha value is -1.67. The van der Waals surface area contributed by atoms with Crippen molar-refractivity contribution < 1.29 is 23.2 Å². The summed E-state index contributed by atoms with van der Waals surface area (Å²) in [6.07, 6.45) is -3.48. The van der Waals surface area contributed by atoms with E-state index in [1.807, 2.05) is 0 Å². The normalized spacial score (nSPS) is 18.8. The monoisotopic (exact) mass is 268 g/mol. The molecule has 1 fully saturated rings. The average molecular weight is 268 g/mol. The highest BCUT2D eigenvalue weighted by atomic mass is 19.4. The molecule has 0 unspecified atom stereocenters. The van der Waals surface area contributed by atoms with E-state index >= 15 is 0 Å². The number of alkyl halides is 3. The Morgan fingerprint density at radius 3 is 2.44 bits per heavy atom. The van der Waals surface area contributed by atoms with Crippen molar-refractivity contribution in [3.63, 3.8) is 0 Å². The molecular formula is C9H15F3N4O2. The molecule has 0 aromatic heterocycles. The maximum absolute atomic E-state index is 11.9. The number of likely N-dealkylation sites (tertiary alicyclic amines) is 1. The van der Waals surface area contributed by atoms with E-state index in [0.29, 0.717) is 12.8 Å². The van der Waals surface area contributed by atoms with E-state index in [1.54, 1.807) is 5.32 Å². The number of nitrogens with two attached hydrogens (primary N) is 1.